The van der Waals surface area contributed by atoms with Gasteiger partial charge in [0.15, 0.2) is 0 Å². The first-order valence-corrected chi connectivity index (χ1v) is 6.57. The summed E-state index contributed by atoms with van der Waals surface area (Å²) in [6.45, 7) is 7.47. The van der Waals surface area contributed by atoms with Crippen molar-refractivity contribution in [1.82, 2.24) is 9.97 Å². The highest BCUT2D eigenvalue weighted by atomic mass is 16.5. The molecule has 0 spiro atoms. The third-order valence-electron chi connectivity index (χ3n) is 2.31. The summed E-state index contributed by atoms with van der Waals surface area (Å²) in [6.07, 6.45) is 2.52. The van der Waals surface area contributed by atoms with Crippen molar-refractivity contribution in [3.8, 4) is 5.88 Å². The molecule has 1 aromatic heterocycles. The normalized spacial score (nSPS) is 10.1. The average molecular weight is 267 g/mol. The van der Waals surface area contributed by atoms with Crippen LogP contribution in [-0.4, -0.2) is 42.2 Å². The third kappa shape index (κ3) is 5.11. The van der Waals surface area contributed by atoms with Gasteiger partial charge in [-0.25, -0.2) is 4.98 Å². The van der Waals surface area contributed by atoms with Crippen molar-refractivity contribution < 1.29 is 14.3 Å². The number of ether oxygens (including phenoxy) is 2. The number of carbonyl (C=O) groups excluding carboxylic acids is 1. The molecule has 0 aliphatic heterocycles. The zero-order valence-electron chi connectivity index (χ0n) is 11.8. The maximum Gasteiger partial charge on any atom is 0.325 e. The van der Waals surface area contributed by atoms with Crippen LogP contribution in [0.5, 0.6) is 5.88 Å². The summed E-state index contributed by atoms with van der Waals surface area (Å²) in [5.41, 5.74) is 0. The minimum atomic E-state index is -0.277. The molecule has 19 heavy (non-hydrogen) atoms. The number of esters is 1. The van der Waals surface area contributed by atoms with Crippen LogP contribution in [0.15, 0.2) is 12.3 Å². The molecule has 0 fully saturated rings. The molecule has 0 atom stereocenters. The van der Waals surface area contributed by atoms with Gasteiger partial charge in [0.05, 0.1) is 13.2 Å². The molecule has 6 heteroatoms. The first-order valence-electron chi connectivity index (χ1n) is 6.57. The molecule has 0 aliphatic carbocycles. The van der Waals surface area contributed by atoms with E-state index in [9.17, 15) is 4.79 Å². The molecule has 1 heterocycles. The summed E-state index contributed by atoms with van der Waals surface area (Å²) >= 11 is 0. The molecule has 0 saturated heterocycles. The number of rotatable bonds is 8. The van der Waals surface area contributed by atoms with E-state index < -0.39 is 0 Å². The van der Waals surface area contributed by atoms with Gasteiger partial charge in [0, 0.05) is 18.8 Å². The monoisotopic (exact) mass is 267 g/mol. The van der Waals surface area contributed by atoms with Gasteiger partial charge in [-0.05, 0) is 20.3 Å². The van der Waals surface area contributed by atoms with Crippen LogP contribution in [0, 0.1) is 0 Å². The van der Waals surface area contributed by atoms with Crippen LogP contribution in [0.4, 0.5) is 5.95 Å². The molecule has 0 bridgehead atoms. The zero-order chi connectivity index (χ0) is 14.1. The van der Waals surface area contributed by atoms with Crippen molar-refractivity contribution in [3.05, 3.63) is 12.3 Å². The van der Waals surface area contributed by atoms with Crippen molar-refractivity contribution in [2.75, 3.05) is 31.2 Å². The van der Waals surface area contributed by atoms with Crippen LogP contribution >= 0.6 is 0 Å². The van der Waals surface area contributed by atoms with Gasteiger partial charge in [0.25, 0.3) is 0 Å². The molecule has 0 aromatic carbocycles. The van der Waals surface area contributed by atoms with Crippen LogP contribution in [0.25, 0.3) is 0 Å². The highest BCUT2D eigenvalue weighted by Crippen LogP contribution is 2.13. The molecule has 0 aliphatic rings. The van der Waals surface area contributed by atoms with Gasteiger partial charge in [0.2, 0.25) is 11.8 Å². The SMILES string of the molecule is CCCN(CC(=O)OCC)c1nccc(OCC)n1. The van der Waals surface area contributed by atoms with Gasteiger partial charge >= 0.3 is 5.97 Å². The van der Waals surface area contributed by atoms with E-state index in [-0.39, 0.29) is 12.5 Å². The van der Waals surface area contributed by atoms with E-state index in [1.54, 1.807) is 24.1 Å². The molecule has 0 radical (unpaired) electrons. The molecule has 106 valence electrons. The van der Waals surface area contributed by atoms with Crippen LogP contribution < -0.4 is 9.64 Å². The summed E-state index contributed by atoms with van der Waals surface area (Å²) in [7, 11) is 0. The van der Waals surface area contributed by atoms with E-state index in [2.05, 4.69) is 9.97 Å². The first-order chi connectivity index (χ1) is 9.21. The Morgan fingerprint density at radius 3 is 2.74 bits per heavy atom. The highest BCUT2D eigenvalue weighted by Gasteiger charge is 2.14. The lowest BCUT2D eigenvalue weighted by molar-refractivity contribution is -0.141. The summed E-state index contributed by atoms with van der Waals surface area (Å²) in [4.78, 5) is 21.8. The van der Waals surface area contributed by atoms with Gasteiger partial charge in [-0.1, -0.05) is 6.92 Å². The molecule has 0 N–H and O–H groups in total. The number of aromatic nitrogens is 2. The molecule has 0 amide bonds. The predicted molar refractivity (Wildman–Crippen MR) is 72.3 cm³/mol. The topological polar surface area (TPSA) is 64.6 Å². The van der Waals surface area contributed by atoms with Gasteiger partial charge < -0.3 is 14.4 Å². The van der Waals surface area contributed by atoms with E-state index in [1.165, 1.54) is 0 Å². The molecule has 0 saturated carbocycles. The molecule has 6 nitrogen and oxygen atoms in total. The lowest BCUT2D eigenvalue weighted by Gasteiger charge is -2.21. The Morgan fingerprint density at radius 1 is 1.32 bits per heavy atom. The summed E-state index contributed by atoms with van der Waals surface area (Å²) < 4.78 is 10.3. The van der Waals surface area contributed by atoms with E-state index in [0.717, 1.165) is 6.42 Å². The second-order valence-electron chi connectivity index (χ2n) is 3.85. The fourth-order valence-electron chi connectivity index (χ4n) is 1.60. The number of hydrogen-bond acceptors (Lipinski definition) is 6. The van der Waals surface area contributed by atoms with Gasteiger partial charge in [-0.2, -0.15) is 4.98 Å². The van der Waals surface area contributed by atoms with E-state index in [0.29, 0.717) is 31.6 Å². The minimum Gasteiger partial charge on any atom is -0.478 e. The maximum absolute atomic E-state index is 11.6. The lowest BCUT2D eigenvalue weighted by atomic mass is 10.4. The van der Waals surface area contributed by atoms with Crippen LogP contribution in [-0.2, 0) is 9.53 Å². The van der Waals surface area contributed by atoms with Crippen LogP contribution in [0.1, 0.15) is 27.2 Å². The molecular weight excluding hydrogens is 246 g/mol. The highest BCUT2D eigenvalue weighted by molar-refractivity contribution is 5.74. The molecular formula is C13H21N3O3. The predicted octanol–water partition coefficient (Wildman–Crippen LogP) is 1.65. The smallest absolute Gasteiger partial charge is 0.325 e. The summed E-state index contributed by atoms with van der Waals surface area (Å²) in [5.74, 6) is 0.722. The molecule has 1 aromatic rings. The van der Waals surface area contributed by atoms with Gasteiger partial charge in [-0.15, -0.1) is 0 Å². The average Bonchev–Trinajstić information content (AvgIpc) is 2.39. The zero-order valence-corrected chi connectivity index (χ0v) is 11.8. The second kappa shape index (κ2) is 8.29. The quantitative estimate of drug-likeness (QED) is 0.667. The molecule has 1 rings (SSSR count). The van der Waals surface area contributed by atoms with Crippen LogP contribution in [0.3, 0.4) is 0 Å². The third-order valence-corrected chi connectivity index (χ3v) is 2.31. The van der Waals surface area contributed by atoms with Crippen molar-refractivity contribution >= 4 is 11.9 Å². The summed E-state index contributed by atoms with van der Waals surface area (Å²) in [6, 6.07) is 1.70. The minimum absolute atomic E-state index is 0.150. The number of nitrogens with zero attached hydrogens (tertiary/aromatic N) is 3. The number of anilines is 1. The molecule has 0 unspecified atom stereocenters. The van der Waals surface area contributed by atoms with Crippen molar-refractivity contribution in [2.45, 2.75) is 27.2 Å². The largest absolute Gasteiger partial charge is 0.478 e. The Kier molecular flexibility index (Phi) is 6.63. The second-order valence-corrected chi connectivity index (χ2v) is 3.85. The fourth-order valence-corrected chi connectivity index (χ4v) is 1.60. The van der Waals surface area contributed by atoms with Crippen molar-refractivity contribution in [2.24, 2.45) is 0 Å². The Labute approximate surface area is 113 Å². The van der Waals surface area contributed by atoms with Crippen molar-refractivity contribution in [3.63, 3.8) is 0 Å². The van der Waals surface area contributed by atoms with Gasteiger partial charge in [-0.3, -0.25) is 4.79 Å². The Hall–Kier alpha value is -1.85. The number of hydrogen-bond donors (Lipinski definition) is 0. The fraction of sp³-hybridized carbons (Fsp3) is 0.615. The van der Waals surface area contributed by atoms with E-state index >= 15 is 0 Å². The maximum atomic E-state index is 11.6. The van der Waals surface area contributed by atoms with Crippen LogP contribution in [0.2, 0.25) is 0 Å². The Morgan fingerprint density at radius 2 is 2.11 bits per heavy atom. The Bertz CT molecular complexity index is 398. The van der Waals surface area contributed by atoms with Crippen molar-refractivity contribution in [1.29, 1.82) is 0 Å². The number of carbonyl (C=O) groups is 1. The Balaban J connectivity index is 2.79. The van der Waals surface area contributed by atoms with E-state index in [1.807, 2.05) is 13.8 Å². The first kappa shape index (κ1) is 15.2. The standard InChI is InChI=1S/C13H21N3O3/c1-4-9-16(10-12(17)19-6-3)13-14-8-7-11(15-13)18-5-2/h7-8H,4-6,9-10H2,1-3H3. The summed E-state index contributed by atoms with van der Waals surface area (Å²) in [5, 5.41) is 0. The lowest BCUT2D eigenvalue weighted by Crippen LogP contribution is -2.33. The van der Waals surface area contributed by atoms with Gasteiger partial charge in [0.1, 0.15) is 6.54 Å². The van der Waals surface area contributed by atoms with E-state index in [4.69, 9.17) is 9.47 Å².